The third kappa shape index (κ3) is 7.23. The van der Waals surface area contributed by atoms with Gasteiger partial charge in [-0.25, -0.2) is 0 Å². The van der Waals surface area contributed by atoms with Gasteiger partial charge in [-0.1, -0.05) is 0 Å². The molecule has 2 aliphatic rings. The third-order valence-electron chi connectivity index (χ3n) is 5.65. The van der Waals surface area contributed by atoms with E-state index in [2.05, 4.69) is 57.5 Å². The van der Waals surface area contributed by atoms with Crippen molar-refractivity contribution in [3.63, 3.8) is 0 Å². The molecule has 5 heteroatoms. The van der Waals surface area contributed by atoms with Crippen molar-refractivity contribution in [2.75, 3.05) is 19.7 Å². The molecule has 0 bridgehead atoms. The summed E-state index contributed by atoms with van der Waals surface area (Å²) >= 11 is 0. The van der Waals surface area contributed by atoms with E-state index in [0.717, 1.165) is 63.2 Å². The zero-order chi connectivity index (χ0) is 21.1. The number of pyridine rings is 1. The molecule has 29 heavy (non-hydrogen) atoms. The highest BCUT2D eigenvalue weighted by atomic mass is 16.5. The van der Waals surface area contributed by atoms with Gasteiger partial charge >= 0.3 is 0 Å². The van der Waals surface area contributed by atoms with E-state index in [1.54, 1.807) is 0 Å². The maximum Gasteiger partial charge on any atom is 0.138 e. The second-order valence-electron chi connectivity index (χ2n) is 10.6. The van der Waals surface area contributed by atoms with Crippen molar-refractivity contribution in [2.45, 2.75) is 103 Å². The van der Waals surface area contributed by atoms with Crippen LogP contribution in [0, 0.1) is 0 Å². The Labute approximate surface area is 177 Å². The van der Waals surface area contributed by atoms with E-state index in [0.29, 0.717) is 12.2 Å². The number of likely N-dealkylation sites (tertiary alicyclic amines) is 1. The van der Waals surface area contributed by atoms with Crippen LogP contribution in [-0.4, -0.2) is 59.0 Å². The Morgan fingerprint density at radius 3 is 2.28 bits per heavy atom. The maximum atomic E-state index is 6.00. The van der Waals surface area contributed by atoms with Crippen LogP contribution < -0.4 is 4.74 Å². The lowest BCUT2D eigenvalue weighted by molar-refractivity contribution is -0.126. The minimum Gasteiger partial charge on any atom is -0.489 e. The van der Waals surface area contributed by atoms with Gasteiger partial charge in [0, 0.05) is 43.8 Å². The number of aryl methyl sites for hydroxylation is 1. The summed E-state index contributed by atoms with van der Waals surface area (Å²) in [5, 5.41) is 0. The summed E-state index contributed by atoms with van der Waals surface area (Å²) in [6, 6.07) is 4.14. The first-order chi connectivity index (χ1) is 13.6. The molecule has 1 aromatic heterocycles. The zero-order valence-electron chi connectivity index (χ0n) is 19.2. The van der Waals surface area contributed by atoms with Crippen molar-refractivity contribution in [1.29, 1.82) is 0 Å². The summed E-state index contributed by atoms with van der Waals surface area (Å²) in [4.78, 5) is 7.03. The molecule has 1 aliphatic heterocycles. The summed E-state index contributed by atoms with van der Waals surface area (Å²) in [6.45, 7) is 16.1. The van der Waals surface area contributed by atoms with E-state index in [-0.39, 0.29) is 17.2 Å². The van der Waals surface area contributed by atoms with Crippen LogP contribution in [0.15, 0.2) is 18.3 Å². The standard InChI is InChI=1S/C24H40N2O3/c1-23(2,3)26-16-22(17-26)27-12-8-7-9-18-10-11-19(15-25-18)28-20-13-21(14-20)29-24(4,5)6/h10-11,15,20-22H,7-9,12-14,16-17H2,1-6H3. The van der Waals surface area contributed by atoms with E-state index >= 15 is 0 Å². The lowest BCUT2D eigenvalue weighted by atomic mass is 9.91. The molecule has 1 saturated carbocycles. The Morgan fingerprint density at radius 2 is 1.69 bits per heavy atom. The Kier molecular flexibility index (Phi) is 7.23. The van der Waals surface area contributed by atoms with Gasteiger partial charge in [-0.15, -0.1) is 0 Å². The first-order valence-electron chi connectivity index (χ1n) is 11.2. The smallest absolute Gasteiger partial charge is 0.138 e. The molecule has 5 nitrogen and oxygen atoms in total. The Morgan fingerprint density at radius 1 is 0.966 bits per heavy atom. The van der Waals surface area contributed by atoms with Crippen molar-refractivity contribution >= 4 is 0 Å². The van der Waals surface area contributed by atoms with Crippen LogP contribution in [0.2, 0.25) is 0 Å². The van der Waals surface area contributed by atoms with Gasteiger partial charge in [0.1, 0.15) is 11.9 Å². The molecule has 0 radical (unpaired) electrons. The van der Waals surface area contributed by atoms with Crippen LogP contribution in [0.4, 0.5) is 0 Å². The summed E-state index contributed by atoms with van der Waals surface area (Å²) in [5.74, 6) is 0.865. The molecule has 0 N–H and O–H groups in total. The average molecular weight is 405 g/mol. The first kappa shape index (κ1) is 22.5. The molecular formula is C24H40N2O3. The molecule has 0 amide bonds. The second kappa shape index (κ2) is 9.32. The number of ether oxygens (including phenoxy) is 3. The van der Waals surface area contributed by atoms with Crippen LogP contribution >= 0.6 is 0 Å². The normalized spacial score (nSPS) is 23.5. The number of aromatic nitrogens is 1. The number of rotatable bonds is 9. The molecule has 2 heterocycles. The summed E-state index contributed by atoms with van der Waals surface area (Å²) in [5.41, 5.74) is 1.32. The summed E-state index contributed by atoms with van der Waals surface area (Å²) in [6.07, 6.45) is 7.98. The van der Waals surface area contributed by atoms with Crippen molar-refractivity contribution < 1.29 is 14.2 Å². The van der Waals surface area contributed by atoms with Crippen molar-refractivity contribution in [3.8, 4) is 5.75 Å². The molecule has 0 spiro atoms. The SMILES string of the molecule is CC(C)(C)OC1CC(Oc2ccc(CCCCOC3CN(C(C)(C)C)C3)nc2)C1. The predicted octanol–water partition coefficient (Wildman–Crippen LogP) is 4.63. The predicted molar refractivity (Wildman–Crippen MR) is 117 cm³/mol. The monoisotopic (exact) mass is 404 g/mol. The van der Waals surface area contributed by atoms with E-state index < -0.39 is 0 Å². The Bertz CT molecular complexity index is 621. The van der Waals surface area contributed by atoms with Gasteiger partial charge in [-0.2, -0.15) is 0 Å². The molecule has 164 valence electrons. The highest BCUT2D eigenvalue weighted by molar-refractivity contribution is 5.20. The molecule has 1 saturated heterocycles. The van der Waals surface area contributed by atoms with Crippen LogP contribution in [0.3, 0.4) is 0 Å². The number of hydrogen-bond acceptors (Lipinski definition) is 5. The van der Waals surface area contributed by atoms with Gasteiger partial charge in [-0.05, 0) is 72.9 Å². The zero-order valence-corrected chi connectivity index (χ0v) is 19.2. The molecule has 0 aromatic carbocycles. The molecule has 1 aliphatic carbocycles. The number of nitrogens with zero attached hydrogens (tertiary/aromatic N) is 2. The van der Waals surface area contributed by atoms with E-state index in [1.165, 1.54) is 0 Å². The summed E-state index contributed by atoms with van der Waals surface area (Å²) < 4.78 is 17.9. The van der Waals surface area contributed by atoms with Crippen molar-refractivity contribution in [2.24, 2.45) is 0 Å². The van der Waals surface area contributed by atoms with Crippen LogP contribution in [-0.2, 0) is 15.9 Å². The highest BCUT2D eigenvalue weighted by Gasteiger charge is 2.35. The van der Waals surface area contributed by atoms with Crippen LogP contribution in [0.1, 0.15) is 72.9 Å². The molecular weight excluding hydrogens is 364 g/mol. The van der Waals surface area contributed by atoms with E-state index in [9.17, 15) is 0 Å². The van der Waals surface area contributed by atoms with Crippen molar-refractivity contribution in [3.05, 3.63) is 24.0 Å². The van der Waals surface area contributed by atoms with E-state index in [1.807, 2.05) is 12.3 Å². The van der Waals surface area contributed by atoms with Crippen LogP contribution in [0.5, 0.6) is 5.75 Å². The first-order valence-corrected chi connectivity index (χ1v) is 11.2. The number of hydrogen-bond donors (Lipinski definition) is 0. The van der Waals surface area contributed by atoms with Crippen LogP contribution in [0.25, 0.3) is 0 Å². The quantitative estimate of drug-likeness (QED) is 0.562. The topological polar surface area (TPSA) is 43.8 Å². The molecule has 0 unspecified atom stereocenters. The Hall–Kier alpha value is -1.17. The summed E-state index contributed by atoms with van der Waals surface area (Å²) in [7, 11) is 0. The number of unbranched alkanes of at least 4 members (excludes halogenated alkanes) is 1. The van der Waals surface area contributed by atoms with Crippen molar-refractivity contribution in [1.82, 2.24) is 9.88 Å². The minimum atomic E-state index is -0.0749. The molecule has 3 rings (SSSR count). The van der Waals surface area contributed by atoms with Gasteiger partial charge in [0.25, 0.3) is 0 Å². The maximum absolute atomic E-state index is 6.00. The van der Waals surface area contributed by atoms with Gasteiger partial charge in [0.05, 0.1) is 24.0 Å². The average Bonchev–Trinajstić information content (AvgIpc) is 2.53. The highest BCUT2D eigenvalue weighted by Crippen LogP contribution is 2.31. The second-order valence-corrected chi connectivity index (χ2v) is 10.6. The largest absolute Gasteiger partial charge is 0.489 e. The molecule has 1 aromatic rings. The third-order valence-corrected chi connectivity index (χ3v) is 5.65. The fraction of sp³-hybridized carbons (Fsp3) is 0.792. The lowest BCUT2D eigenvalue weighted by Crippen LogP contribution is -2.59. The lowest BCUT2D eigenvalue weighted by Gasteiger charge is -2.47. The Balaban J connectivity index is 1.24. The van der Waals surface area contributed by atoms with E-state index in [4.69, 9.17) is 14.2 Å². The molecule has 0 atom stereocenters. The fourth-order valence-corrected chi connectivity index (χ4v) is 3.78. The fourth-order valence-electron chi connectivity index (χ4n) is 3.78. The van der Waals surface area contributed by atoms with Gasteiger partial charge in [0.2, 0.25) is 0 Å². The van der Waals surface area contributed by atoms with Gasteiger partial charge in [-0.3, -0.25) is 9.88 Å². The molecule has 2 fully saturated rings. The van der Waals surface area contributed by atoms with Gasteiger partial charge < -0.3 is 14.2 Å². The minimum absolute atomic E-state index is 0.0749. The van der Waals surface area contributed by atoms with Gasteiger partial charge in [0.15, 0.2) is 0 Å².